The first kappa shape index (κ1) is 15.0. The molecule has 0 atom stereocenters. The summed E-state index contributed by atoms with van der Waals surface area (Å²) in [5.74, 6) is -0.175. The summed E-state index contributed by atoms with van der Waals surface area (Å²) in [5, 5.41) is 0. The SMILES string of the molecule is CCOP(Cc1ccc(Br)c(C)c1F)OCC. The third-order valence-corrected chi connectivity index (χ3v) is 4.80. The highest BCUT2D eigenvalue weighted by Gasteiger charge is 2.15. The third-order valence-electron chi connectivity index (χ3n) is 2.25. The van der Waals surface area contributed by atoms with E-state index in [1.807, 2.05) is 19.9 Å². The van der Waals surface area contributed by atoms with Gasteiger partial charge in [0.15, 0.2) is 8.38 Å². The molecule has 2 nitrogen and oxygen atoms in total. The minimum absolute atomic E-state index is 0.175. The van der Waals surface area contributed by atoms with Crippen molar-refractivity contribution in [2.75, 3.05) is 13.2 Å². The predicted octanol–water partition coefficient (Wildman–Crippen LogP) is 4.78. The molecule has 0 saturated carbocycles. The molecule has 1 aromatic carbocycles. The molecule has 0 aliphatic heterocycles. The van der Waals surface area contributed by atoms with Gasteiger partial charge in [0.05, 0.1) is 13.2 Å². The monoisotopic (exact) mass is 322 g/mol. The topological polar surface area (TPSA) is 18.5 Å². The lowest BCUT2D eigenvalue weighted by Gasteiger charge is -2.16. The molecule has 1 aromatic rings. The summed E-state index contributed by atoms with van der Waals surface area (Å²) in [4.78, 5) is 0. The Balaban J connectivity index is 2.82. The summed E-state index contributed by atoms with van der Waals surface area (Å²) in [6.45, 7) is 6.76. The Bertz CT molecular complexity index is 368. The van der Waals surface area contributed by atoms with Gasteiger partial charge in [-0.25, -0.2) is 4.39 Å². The van der Waals surface area contributed by atoms with Gasteiger partial charge in [-0.3, -0.25) is 0 Å². The zero-order valence-corrected chi connectivity index (χ0v) is 12.8. The predicted molar refractivity (Wildman–Crippen MR) is 72.7 cm³/mol. The lowest BCUT2D eigenvalue weighted by Crippen LogP contribution is -1.98. The Morgan fingerprint density at radius 3 is 2.35 bits per heavy atom. The van der Waals surface area contributed by atoms with Gasteiger partial charge in [-0.05, 0) is 38.0 Å². The second kappa shape index (κ2) is 7.42. The molecule has 0 N–H and O–H groups in total. The van der Waals surface area contributed by atoms with E-state index in [1.54, 1.807) is 13.0 Å². The molecule has 0 spiro atoms. The van der Waals surface area contributed by atoms with Crippen LogP contribution in [0.1, 0.15) is 25.0 Å². The molecule has 96 valence electrons. The van der Waals surface area contributed by atoms with E-state index in [-0.39, 0.29) is 5.82 Å². The van der Waals surface area contributed by atoms with Gasteiger partial charge in [0, 0.05) is 10.6 Å². The Labute approximate surface area is 112 Å². The van der Waals surface area contributed by atoms with E-state index in [4.69, 9.17) is 9.05 Å². The van der Waals surface area contributed by atoms with E-state index in [0.29, 0.717) is 30.5 Å². The van der Waals surface area contributed by atoms with Crippen LogP contribution in [0, 0.1) is 12.7 Å². The van der Waals surface area contributed by atoms with Crippen LogP contribution in [0.15, 0.2) is 16.6 Å². The Morgan fingerprint density at radius 2 is 1.82 bits per heavy atom. The van der Waals surface area contributed by atoms with Gasteiger partial charge in [0.25, 0.3) is 0 Å². The first-order valence-corrected chi connectivity index (χ1v) is 7.72. The maximum absolute atomic E-state index is 14.0. The van der Waals surface area contributed by atoms with Gasteiger partial charge < -0.3 is 9.05 Å². The number of hydrogen-bond acceptors (Lipinski definition) is 2. The Kier molecular flexibility index (Phi) is 6.57. The van der Waals surface area contributed by atoms with Crippen LogP contribution in [0.25, 0.3) is 0 Å². The molecular formula is C12H17BrFO2P. The molecule has 0 aromatic heterocycles. The molecule has 0 aliphatic rings. The van der Waals surface area contributed by atoms with E-state index in [1.165, 1.54) is 0 Å². The Morgan fingerprint density at radius 1 is 1.24 bits per heavy atom. The molecule has 0 heterocycles. The van der Waals surface area contributed by atoms with Crippen LogP contribution in [0.2, 0.25) is 0 Å². The van der Waals surface area contributed by atoms with Gasteiger partial charge in [-0.2, -0.15) is 0 Å². The lowest BCUT2D eigenvalue weighted by atomic mass is 10.1. The fourth-order valence-corrected chi connectivity index (χ4v) is 3.06. The molecule has 5 heteroatoms. The van der Waals surface area contributed by atoms with Crippen molar-refractivity contribution in [3.05, 3.63) is 33.5 Å². The molecule has 17 heavy (non-hydrogen) atoms. The number of halogens is 2. The highest BCUT2D eigenvalue weighted by atomic mass is 79.9. The van der Waals surface area contributed by atoms with Crippen LogP contribution < -0.4 is 0 Å². The van der Waals surface area contributed by atoms with E-state index >= 15 is 0 Å². The average molecular weight is 323 g/mol. The average Bonchev–Trinajstić information content (AvgIpc) is 2.30. The second-order valence-corrected chi connectivity index (χ2v) is 5.82. The smallest absolute Gasteiger partial charge is 0.175 e. The number of hydrogen-bond donors (Lipinski definition) is 0. The van der Waals surface area contributed by atoms with E-state index in [2.05, 4.69) is 15.9 Å². The second-order valence-electron chi connectivity index (χ2n) is 3.47. The lowest BCUT2D eigenvalue weighted by molar-refractivity contribution is 0.268. The first-order chi connectivity index (χ1) is 8.10. The van der Waals surface area contributed by atoms with E-state index in [0.717, 1.165) is 4.47 Å². The van der Waals surface area contributed by atoms with Gasteiger partial charge in [-0.1, -0.05) is 22.0 Å². The summed E-state index contributed by atoms with van der Waals surface area (Å²) in [5.41, 5.74) is 1.28. The highest BCUT2D eigenvalue weighted by Crippen LogP contribution is 2.43. The van der Waals surface area contributed by atoms with Crippen LogP contribution >= 0.6 is 24.3 Å². The van der Waals surface area contributed by atoms with Crippen molar-refractivity contribution < 1.29 is 13.4 Å². The van der Waals surface area contributed by atoms with Crippen LogP contribution in [0.3, 0.4) is 0 Å². The van der Waals surface area contributed by atoms with Gasteiger partial charge >= 0.3 is 0 Å². The number of rotatable bonds is 6. The quantitative estimate of drug-likeness (QED) is 0.701. The highest BCUT2D eigenvalue weighted by molar-refractivity contribution is 9.10. The van der Waals surface area contributed by atoms with Gasteiger partial charge in [0.1, 0.15) is 5.82 Å². The minimum atomic E-state index is -1.03. The van der Waals surface area contributed by atoms with Crippen LogP contribution in [0.5, 0.6) is 0 Å². The molecule has 0 bridgehead atoms. The van der Waals surface area contributed by atoms with Crippen LogP contribution in [0.4, 0.5) is 4.39 Å². The maximum atomic E-state index is 14.0. The summed E-state index contributed by atoms with van der Waals surface area (Å²) in [7, 11) is -1.03. The fourth-order valence-electron chi connectivity index (χ4n) is 1.40. The standard InChI is InChI=1S/C12H17BrFO2P/c1-4-15-17(16-5-2)8-10-6-7-11(13)9(3)12(10)14/h6-7H,4-5,8H2,1-3H3. The van der Waals surface area contributed by atoms with Crippen LogP contribution in [-0.4, -0.2) is 13.2 Å². The molecule has 0 radical (unpaired) electrons. The molecule has 0 saturated heterocycles. The number of benzene rings is 1. The molecule has 0 fully saturated rings. The van der Waals surface area contributed by atoms with Crippen molar-refractivity contribution >= 4 is 24.3 Å². The normalized spacial score (nSPS) is 11.2. The van der Waals surface area contributed by atoms with Gasteiger partial charge in [-0.15, -0.1) is 0 Å². The summed E-state index contributed by atoms with van der Waals surface area (Å²) in [6, 6.07) is 3.64. The third kappa shape index (κ3) is 4.29. The largest absolute Gasteiger partial charge is 0.334 e. The summed E-state index contributed by atoms with van der Waals surface area (Å²) in [6.07, 6.45) is 0.497. The first-order valence-electron chi connectivity index (χ1n) is 5.57. The summed E-state index contributed by atoms with van der Waals surface area (Å²) < 4.78 is 25.7. The van der Waals surface area contributed by atoms with Crippen molar-refractivity contribution in [3.8, 4) is 0 Å². The fraction of sp³-hybridized carbons (Fsp3) is 0.500. The molecule has 0 unspecified atom stereocenters. The van der Waals surface area contributed by atoms with Gasteiger partial charge in [0.2, 0.25) is 0 Å². The van der Waals surface area contributed by atoms with Crippen molar-refractivity contribution in [2.24, 2.45) is 0 Å². The summed E-state index contributed by atoms with van der Waals surface area (Å²) >= 11 is 3.31. The molecular weight excluding hydrogens is 306 g/mol. The van der Waals surface area contributed by atoms with Crippen LogP contribution in [-0.2, 0) is 15.2 Å². The van der Waals surface area contributed by atoms with Crippen molar-refractivity contribution in [2.45, 2.75) is 26.9 Å². The molecule has 0 amide bonds. The van der Waals surface area contributed by atoms with Crippen molar-refractivity contribution in [3.63, 3.8) is 0 Å². The zero-order valence-electron chi connectivity index (χ0n) is 10.3. The molecule has 1 rings (SSSR count). The minimum Gasteiger partial charge on any atom is -0.334 e. The maximum Gasteiger partial charge on any atom is 0.175 e. The van der Waals surface area contributed by atoms with E-state index in [9.17, 15) is 4.39 Å². The van der Waals surface area contributed by atoms with Crippen molar-refractivity contribution in [1.29, 1.82) is 0 Å². The Hall–Kier alpha value is -0.0200. The van der Waals surface area contributed by atoms with E-state index < -0.39 is 8.38 Å². The van der Waals surface area contributed by atoms with Crippen molar-refractivity contribution in [1.82, 2.24) is 0 Å². The zero-order chi connectivity index (χ0) is 12.8. The molecule has 0 aliphatic carbocycles.